The highest BCUT2D eigenvalue weighted by atomic mass is 16.6. The summed E-state index contributed by atoms with van der Waals surface area (Å²) in [6, 6.07) is 15.6. The molecule has 2 aromatic rings. The van der Waals surface area contributed by atoms with Crippen molar-refractivity contribution in [3.63, 3.8) is 0 Å². The van der Waals surface area contributed by atoms with E-state index in [1.165, 1.54) is 12.1 Å². The molecule has 0 unspecified atom stereocenters. The fourth-order valence-electron chi connectivity index (χ4n) is 3.43. The highest BCUT2D eigenvalue weighted by Crippen LogP contribution is 2.44. The maximum atomic E-state index is 12.2. The average molecular weight is 322 g/mol. The maximum Gasteiger partial charge on any atom is 0.312 e. The van der Waals surface area contributed by atoms with E-state index in [2.05, 4.69) is 0 Å². The van der Waals surface area contributed by atoms with Crippen LogP contribution < -0.4 is 0 Å². The van der Waals surface area contributed by atoms with Gasteiger partial charge in [-0.05, 0) is 11.1 Å². The van der Waals surface area contributed by atoms with Crippen LogP contribution in [0, 0.1) is 22.0 Å². The third kappa shape index (κ3) is 2.27. The minimum atomic E-state index is -0.441. The number of carbonyl (C=O) groups is 1. The number of nitro groups is 1. The van der Waals surface area contributed by atoms with Crippen molar-refractivity contribution in [1.29, 1.82) is 0 Å². The standard InChI is InChI=1S/C18H14N2O4/c21-18-15-14(10-24-18)16(11-4-2-1-3-5-11)19-17(15)12-6-8-13(9-7-12)20(22)23/h1-9,14-15,17H,10H2/t14-,15+,17-/m0/s1. The lowest BCUT2D eigenvalue weighted by Crippen LogP contribution is -2.21. The molecule has 0 bridgehead atoms. The molecule has 1 saturated heterocycles. The summed E-state index contributed by atoms with van der Waals surface area (Å²) in [4.78, 5) is 27.3. The summed E-state index contributed by atoms with van der Waals surface area (Å²) in [6.45, 7) is 0.334. The normalized spacial score (nSPS) is 25.1. The first-order valence-corrected chi connectivity index (χ1v) is 7.69. The number of ether oxygens (including phenoxy) is 1. The largest absolute Gasteiger partial charge is 0.465 e. The molecule has 0 aliphatic carbocycles. The topological polar surface area (TPSA) is 81.8 Å². The summed E-state index contributed by atoms with van der Waals surface area (Å²) in [5, 5.41) is 10.8. The Bertz CT molecular complexity index is 830. The molecule has 24 heavy (non-hydrogen) atoms. The monoisotopic (exact) mass is 322 g/mol. The van der Waals surface area contributed by atoms with Crippen LogP contribution in [0.3, 0.4) is 0 Å². The van der Waals surface area contributed by atoms with Gasteiger partial charge < -0.3 is 4.74 Å². The van der Waals surface area contributed by atoms with Crippen LogP contribution in [0.25, 0.3) is 0 Å². The minimum Gasteiger partial charge on any atom is -0.465 e. The third-order valence-electron chi connectivity index (χ3n) is 4.60. The van der Waals surface area contributed by atoms with E-state index in [0.717, 1.165) is 16.8 Å². The number of fused-ring (bicyclic) bond motifs is 1. The molecular formula is C18H14N2O4. The number of aliphatic imine (C=N–C) groups is 1. The molecule has 0 N–H and O–H groups in total. The first kappa shape index (κ1) is 14.6. The Hall–Kier alpha value is -3.02. The van der Waals surface area contributed by atoms with Gasteiger partial charge in [0.2, 0.25) is 0 Å². The third-order valence-corrected chi connectivity index (χ3v) is 4.60. The van der Waals surface area contributed by atoms with Gasteiger partial charge >= 0.3 is 5.97 Å². The SMILES string of the molecule is O=C1OC[C@@H]2C(c3ccccc3)=N[C@@H](c3ccc([N+](=O)[O-])cc3)[C@H]12. The lowest BCUT2D eigenvalue weighted by molar-refractivity contribution is -0.384. The molecule has 0 radical (unpaired) electrons. The zero-order valence-corrected chi connectivity index (χ0v) is 12.7. The number of benzene rings is 2. The Morgan fingerprint density at radius 3 is 2.46 bits per heavy atom. The van der Waals surface area contributed by atoms with E-state index in [1.54, 1.807) is 12.1 Å². The Morgan fingerprint density at radius 1 is 1.08 bits per heavy atom. The van der Waals surface area contributed by atoms with Gasteiger partial charge in [-0.1, -0.05) is 42.5 Å². The second-order valence-electron chi connectivity index (χ2n) is 5.94. The minimum absolute atomic E-state index is 0.0227. The van der Waals surface area contributed by atoms with Gasteiger partial charge in [0, 0.05) is 12.1 Å². The Labute approximate surface area is 137 Å². The van der Waals surface area contributed by atoms with E-state index < -0.39 is 4.92 Å². The molecule has 0 amide bonds. The van der Waals surface area contributed by atoms with Gasteiger partial charge in [0.05, 0.1) is 28.5 Å². The number of esters is 1. The number of non-ortho nitro benzene ring substituents is 1. The van der Waals surface area contributed by atoms with Gasteiger partial charge in [0.1, 0.15) is 6.61 Å². The van der Waals surface area contributed by atoms with Gasteiger partial charge in [0.25, 0.3) is 5.69 Å². The van der Waals surface area contributed by atoms with Crippen LogP contribution in [0.1, 0.15) is 17.2 Å². The predicted molar refractivity (Wildman–Crippen MR) is 86.8 cm³/mol. The first-order chi connectivity index (χ1) is 11.6. The quantitative estimate of drug-likeness (QED) is 0.494. The van der Waals surface area contributed by atoms with Crippen molar-refractivity contribution in [2.45, 2.75) is 6.04 Å². The summed E-state index contributed by atoms with van der Waals surface area (Å²) in [6.07, 6.45) is 0. The van der Waals surface area contributed by atoms with Crippen molar-refractivity contribution in [3.05, 3.63) is 75.8 Å². The number of nitro benzene ring substituents is 1. The van der Waals surface area contributed by atoms with Gasteiger partial charge in [0.15, 0.2) is 0 Å². The molecule has 0 spiro atoms. The molecule has 0 aromatic heterocycles. The second-order valence-corrected chi connectivity index (χ2v) is 5.94. The Balaban J connectivity index is 1.74. The van der Waals surface area contributed by atoms with E-state index in [9.17, 15) is 14.9 Å². The molecule has 2 aliphatic rings. The van der Waals surface area contributed by atoms with Crippen molar-refractivity contribution in [2.75, 3.05) is 6.61 Å². The van der Waals surface area contributed by atoms with E-state index >= 15 is 0 Å². The van der Waals surface area contributed by atoms with Crippen molar-refractivity contribution < 1.29 is 14.5 Å². The zero-order valence-electron chi connectivity index (χ0n) is 12.7. The van der Waals surface area contributed by atoms with Crippen LogP contribution in [-0.2, 0) is 9.53 Å². The molecule has 6 nitrogen and oxygen atoms in total. The van der Waals surface area contributed by atoms with Crippen LogP contribution in [0.2, 0.25) is 0 Å². The van der Waals surface area contributed by atoms with Crippen LogP contribution in [0.5, 0.6) is 0 Å². The number of cyclic esters (lactones) is 1. The second kappa shape index (κ2) is 5.56. The molecule has 2 aromatic carbocycles. The molecule has 0 saturated carbocycles. The number of carbonyl (C=O) groups excluding carboxylic acids is 1. The number of hydrogen-bond donors (Lipinski definition) is 0. The van der Waals surface area contributed by atoms with E-state index in [1.807, 2.05) is 30.3 Å². The lowest BCUT2D eigenvalue weighted by atomic mass is 9.84. The fourth-order valence-corrected chi connectivity index (χ4v) is 3.43. The molecule has 2 heterocycles. The molecular weight excluding hydrogens is 308 g/mol. The number of nitrogens with zero attached hydrogens (tertiary/aromatic N) is 2. The molecule has 120 valence electrons. The number of hydrogen-bond acceptors (Lipinski definition) is 5. The fraction of sp³-hybridized carbons (Fsp3) is 0.222. The highest BCUT2D eigenvalue weighted by molar-refractivity contribution is 6.07. The Morgan fingerprint density at radius 2 is 1.79 bits per heavy atom. The summed E-state index contributed by atoms with van der Waals surface area (Å²) in [5.74, 6) is -0.681. The predicted octanol–water partition coefficient (Wildman–Crippen LogP) is 2.93. The number of rotatable bonds is 3. The van der Waals surface area contributed by atoms with Gasteiger partial charge in [-0.15, -0.1) is 0 Å². The van der Waals surface area contributed by atoms with Crippen molar-refractivity contribution >= 4 is 17.4 Å². The van der Waals surface area contributed by atoms with Crippen molar-refractivity contribution in [1.82, 2.24) is 0 Å². The summed E-state index contributed by atoms with van der Waals surface area (Å²) in [7, 11) is 0. The van der Waals surface area contributed by atoms with E-state index in [4.69, 9.17) is 9.73 Å². The summed E-state index contributed by atoms with van der Waals surface area (Å²) >= 11 is 0. The highest BCUT2D eigenvalue weighted by Gasteiger charge is 2.50. The van der Waals surface area contributed by atoms with E-state index in [0.29, 0.717) is 6.61 Å². The van der Waals surface area contributed by atoms with Crippen LogP contribution >= 0.6 is 0 Å². The average Bonchev–Trinajstić information content (AvgIpc) is 3.17. The van der Waals surface area contributed by atoms with Crippen LogP contribution in [-0.4, -0.2) is 23.2 Å². The molecule has 1 fully saturated rings. The molecule has 4 rings (SSSR count). The molecule has 6 heteroatoms. The maximum absolute atomic E-state index is 12.2. The van der Waals surface area contributed by atoms with E-state index in [-0.39, 0.29) is 29.5 Å². The molecule has 3 atom stereocenters. The van der Waals surface area contributed by atoms with Gasteiger partial charge in [-0.25, -0.2) is 0 Å². The van der Waals surface area contributed by atoms with Crippen molar-refractivity contribution in [2.24, 2.45) is 16.8 Å². The molecule has 2 aliphatic heterocycles. The van der Waals surface area contributed by atoms with Crippen LogP contribution in [0.15, 0.2) is 59.6 Å². The van der Waals surface area contributed by atoms with Gasteiger partial charge in [-0.3, -0.25) is 19.9 Å². The Kier molecular flexibility index (Phi) is 3.37. The van der Waals surface area contributed by atoms with Crippen LogP contribution in [0.4, 0.5) is 5.69 Å². The smallest absolute Gasteiger partial charge is 0.312 e. The van der Waals surface area contributed by atoms with Gasteiger partial charge in [-0.2, -0.15) is 0 Å². The van der Waals surface area contributed by atoms with Crippen molar-refractivity contribution in [3.8, 4) is 0 Å². The lowest BCUT2D eigenvalue weighted by Gasteiger charge is -2.13. The first-order valence-electron chi connectivity index (χ1n) is 7.69. The zero-order chi connectivity index (χ0) is 16.7. The summed E-state index contributed by atoms with van der Waals surface area (Å²) in [5.41, 5.74) is 2.67. The summed E-state index contributed by atoms with van der Waals surface area (Å²) < 4.78 is 5.26.